The van der Waals surface area contributed by atoms with E-state index in [4.69, 9.17) is 0 Å². The minimum Gasteiger partial charge on any atom is -0.294 e. The number of aryl methyl sites for hydroxylation is 3. The van der Waals surface area contributed by atoms with Crippen LogP contribution in [0.5, 0.6) is 0 Å². The summed E-state index contributed by atoms with van der Waals surface area (Å²) in [6, 6.07) is 7.81. The molecule has 1 aromatic carbocycles. The van der Waals surface area contributed by atoms with Gasteiger partial charge in [-0.2, -0.15) is 5.10 Å². The van der Waals surface area contributed by atoms with E-state index in [1.54, 1.807) is 0 Å². The van der Waals surface area contributed by atoms with Gasteiger partial charge in [0.15, 0.2) is 5.78 Å². The molecule has 0 fully saturated rings. The predicted molar refractivity (Wildman–Crippen MR) is 84.2 cm³/mol. The molecule has 0 bridgehead atoms. The van der Waals surface area contributed by atoms with E-state index in [0.717, 1.165) is 40.0 Å². The standard InChI is InChI=1S/C16H19BrN2O/c1-4-13-9-14(19(5-2)18-13)10-16(20)15-7-6-12(17)8-11(15)3/h6-9H,4-5,10H2,1-3H3. The summed E-state index contributed by atoms with van der Waals surface area (Å²) in [5.74, 6) is 0.146. The Morgan fingerprint density at radius 2 is 2.05 bits per heavy atom. The second-order valence-corrected chi connectivity index (χ2v) is 5.77. The monoisotopic (exact) mass is 334 g/mol. The lowest BCUT2D eigenvalue weighted by molar-refractivity contribution is 0.0990. The zero-order valence-corrected chi connectivity index (χ0v) is 13.7. The Morgan fingerprint density at radius 3 is 2.65 bits per heavy atom. The largest absolute Gasteiger partial charge is 0.294 e. The Morgan fingerprint density at radius 1 is 1.30 bits per heavy atom. The van der Waals surface area contributed by atoms with Gasteiger partial charge < -0.3 is 0 Å². The van der Waals surface area contributed by atoms with Gasteiger partial charge in [-0.3, -0.25) is 9.48 Å². The molecule has 0 saturated carbocycles. The molecule has 0 aliphatic rings. The molecule has 0 saturated heterocycles. The lowest BCUT2D eigenvalue weighted by Gasteiger charge is -2.07. The van der Waals surface area contributed by atoms with Gasteiger partial charge in [0.05, 0.1) is 12.1 Å². The number of carbonyl (C=O) groups excluding carboxylic acids is 1. The number of hydrogen-bond acceptors (Lipinski definition) is 2. The van der Waals surface area contributed by atoms with Gasteiger partial charge in [0.25, 0.3) is 0 Å². The Balaban J connectivity index is 2.25. The van der Waals surface area contributed by atoms with Crippen LogP contribution in [0.4, 0.5) is 0 Å². The molecule has 0 spiro atoms. The quantitative estimate of drug-likeness (QED) is 0.775. The van der Waals surface area contributed by atoms with Crippen LogP contribution in [0.2, 0.25) is 0 Å². The van der Waals surface area contributed by atoms with Crippen molar-refractivity contribution in [1.29, 1.82) is 0 Å². The maximum Gasteiger partial charge on any atom is 0.169 e. The van der Waals surface area contributed by atoms with Gasteiger partial charge in [-0.05, 0) is 44.0 Å². The number of halogens is 1. The van der Waals surface area contributed by atoms with E-state index in [1.807, 2.05) is 42.8 Å². The van der Waals surface area contributed by atoms with Crippen molar-refractivity contribution in [2.75, 3.05) is 0 Å². The van der Waals surface area contributed by atoms with Crippen molar-refractivity contribution in [3.8, 4) is 0 Å². The first-order valence-corrected chi connectivity index (χ1v) is 7.69. The van der Waals surface area contributed by atoms with Gasteiger partial charge in [-0.1, -0.05) is 28.9 Å². The van der Waals surface area contributed by atoms with Gasteiger partial charge in [0.2, 0.25) is 0 Å². The summed E-state index contributed by atoms with van der Waals surface area (Å²) in [6.45, 7) is 6.88. The molecule has 4 heteroatoms. The maximum atomic E-state index is 12.5. The van der Waals surface area contributed by atoms with E-state index in [0.29, 0.717) is 6.42 Å². The first-order chi connectivity index (χ1) is 9.55. The van der Waals surface area contributed by atoms with Crippen molar-refractivity contribution in [3.63, 3.8) is 0 Å². The van der Waals surface area contributed by atoms with Crippen LogP contribution in [0, 0.1) is 6.92 Å². The van der Waals surface area contributed by atoms with E-state index >= 15 is 0 Å². The highest BCUT2D eigenvalue weighted by Gasteiger charge is 2.14. The second kappa shape index (κ2) is 6.35. The molecule has 0 radical (unpaired) electrons. The van der Waals surface area contributed by atoms with E-state index in [1.165, 1.54) is 0 Å². The molecule has 0 unspecified atom stereocenters. The van der Waals surface area contributed by atoms with Crippen molar-refractivity contribution >= 4 is 21.7 Å². The Bertz CT molecular complexity index is 631. The number of aromatic nitrogens is 2. The normalized spacial score (nSPS) is 10.8. The number of carbonyl (C=O) groups is 1. The van der Waals surface area contributed by atoms with Crippen molar-refractivity contribution in [3.05, 3.63) is 51.3 Å². The first-order valence-electron chi connectivity index (χ1n) is 6.90. The van der Waals surface area contributed by atoms with E-state index in [9.17, 15) is 4.79 Å². The third-order valence-corrected chi connectivity index (χ3v) is 3.90. The summed E-state index contributed by atoms with van der Waals surface area (Å²) in [4.78, 5) is 12.5. The Hall–Kier alpha value is -1.42. The highest BCUT2D eigenvalue weighted by atomic mass is 79.9. The van der Waals surface area contributed by atoms with Gasteiger partial charge in [-0.25, -0.2) is 0 Å². The smallest absolute Gasteiger partial charge is 0.169 e. The number of Topliss-reactive ketones (excluding diaryl/α,β-unsaturated/α-hetero) is 1. The summed E-state index contributed by atoms with van der Waals surface area (Å²) in [7, 11) is 0. The van der Waals surface area contributed by atoms with Crippen molar-refractivity contribution < 1.29 is 4.79 Å². The lowest BCUT2D eigenvalue weighted by atomic mass is 10.0. The highest BCUT2D eigenvalue weighted by molar-refractivity contribution is 9.10. The van der Waals surface area contributed by atoms with Crippen LogP contribution in [0.3, 0.4) is 0 Å². The molecule has 106 valence electrons. The number of rotatable bonds is 5. The van der Waals surface area contributed by atoms with Crippen molar-refractivity contribution in [2.24, 2.45) is 0 Å². The average molecular weight is 335 g/mol. The predicted octanol–water partition coefficient (Wildman–Crippen LogP) is 3.96. The zero-order chi connectivity index (χ0) is 14.7. The molecule has 1 aromatic heterocycles. The van der Waals surface area contributed by atoms with Crippen LogP contribution >= 0.6 is 15.9 Å². The number of hydrogen-bond donors (Lipinski definition) is 0. The summed E-state index contributed by atoms with van der Waals surface area (Å²) in [6.07, 6.45) is 1.30. The molecule has 3 nitrogen and oxygen atoms in total. The third-order valence-electron chi connectivity index (χ3n) is 3.41. The summed E-state index contributed by atoms with van der Waals surface area (Å²) in [5, 5.41) is 4.49. The molecule has 0 amide bonds. The van der Waals surface area contributed by atoms with Crippen LogP contribution in [-0.4, -0.2) is 15.6 Å². The molecule has 0 aliphatic carbocycles. The van der Waals surface area contributed by atoms with Gasteiger partial charge in [0, 0.05) is 22.3 Å². The second-order valence-electron chi connectivity index (χ2n) is 4.86. The van der Waals surface area contributed by atoms with Crippen LogP contribution in [0.1, 0.15) is 41.2 Å². The number of nitrogens with zero attached hydrogens (tertiary/aromatic N) is 2. The van der Waals surface area contributed by atoms with E-state index < -0.39 is 0 Å². The van der Waals surface area contributed by atoms with Crippen LogP contribution < -0.4 is 0 Å². The number of ketones is 1. The van der Waals surface area contributed by atoms with Crippen LogP contribution in [0.25, 0.3) is 0 Å². The summed E-state index contributed by atoms with van der Waals surface area (Å²) >= 11 is 3.42. The number of benzene rings is 1. The fourth-order valence-corrected chi connectivity index (χ4v) is 2.78. The molecule has 2 aromatic rings. The molecule has 20 heavy (non-hydrogen) atoms. The third kappa shape index (κ3) is 3.18. The van der Waals surface area contributed by atoms with Gasteiger partial charge in [0.1, 0.15) is 0 Å². The first kappa shape index (κ1) is 15.0. The fraction of sp³-hybridized carbons (Fsp3) is 0.375. The van der Waals surface area contributed by atoms with Crippen LogP contribution in [-0.2, 0) is 19.4 Å². The summed E-state index contributed by atoms with van der Waals surface area (Å²) < 4.78 is 2.92. The molecule has 1 heterocycles. The molecule has 2 rings (SSSR count). The van der Waals surface area contributed by atoms with Crippen molar-refractivity contribution in [1.82, 2.24) is 9.78 Å². The Kier molecular flexibility index (Phi) is 4.76. The van der Waals surface area contributed by atoms with Crippen LogP contribution in [0.15, 0.2) is 28.7 Å². The molecule has 0 atom stereocenters. The lowest BCUT2D eigenvalue weighted by Crippen LogP contribution is -2.10. The van der Waals surface area contributed by atoms with E-state index in [-0.39, 0.29) is 5.78 Å². The minimum atomic E-state index is 0.146. The summed E-state index contributed by atoms with van der Waals surface area (Å²) in [5.41, 5.74) is 3.83. The maximum absolute atomic E-state index is 12.5. The van der Waals surface area contributed by atoms with Gasteiger partial charge in [-0.15, -0.1) is 0 Å². The molecule has 0 aliphatic heterocycles. The highest BCUT2D eigenvalue weighted by Crippen LogP contribution is 2.18. The average Bonchev–Trinajstić information content (AvgIpc) is 2.80. The van der Waals surface area contributed by atoms with E-state index in [2.05, 4.69) is 28.0 Å². The molecular formula is C16H19BrN2O. The minimum absolute atomic E-state index is 0.146. The van der Waals surface area contributed by atoms with Gasteiger partial charge >= 0.3 is 0 Å². The topological polar surface area (TPSA) is 34.9 Å². The Labute approximate surface area is 128 Å². The SMILES string of the molecule is CCc1cc(CC(=O)c2ccc(Br)cc2C)n(CC)n1. The van der Waals surface area contributed by atoms with Crippen molar-refractivity contribution in [2.45, 2.75) is 40.2 Å². The fourth-order valence-electron chi connectivity index (χ4n) is 2.30. The zero-order valence-electron chi connectivity index (χ0n) is 12.1. The molecule has 0 N–H and O–H groups in total. The molecular weight excluding hydrogens is 316 g/mol.